The van der Waals surface area contributed by atoms with Crippen molar-refractivity contribution in [2.75, 3.05) is 0 Å². The summed E-state index contributed by atoms with van der Waals surface area (Å²) < 4.78 is 11.2. The summed E-state index contributed by atoms with van der Waals surface area (Å²) in [5.74, 6) is 3.63. The molecule has 5 aliphatic carbocycles. The molecule has 0 radical (unpaired) electrons. The molecule has 5 fully saturated rings. The molecule has 178 valence electrons. The van der Waals surface area contributed by atoms with Crippen LogP contribution in [-0.2, 0) is 19.1 Å². The van der Waals surface area contributed by atoms with Crippen LogP contribution in [0.4, 0.5) is 0 Å². The van der Waals surface area contributed by atoms with Gasteiger partial charge in [-0.25, -0.2) is 9.59 Å². The molecule has 0 aliphatic heterocycles. The van der Waals surface area contributed by atoms with E-state index in [1.54, 1.807) is 13.8 Å². The zero-order chi connectivity index (χ0) is 23.4. The standard InChI is InChI=1S/C14H20O2.C14H22O2/c1-8(2)14(15)16-13-7-9-6-12(13)11-5-3-4-10(9)11;1-9(2)12(15)16-11-8-10-6-7-14(11,5)13(10,3)4/h9-13H,1,3-7H2,2H3;10-11H,1,6-8H2,2-5H3. The first-order chi connectivity index (χ1) is 15.0. The Morgan fingerprint density at radius 1 is 0.812 bits per heavy atom. The molecule has 0 amide bonds. The van der Waals surface area contributed by atoms with Gasteiger partial charge in [0.25, 0.3) is 0 Å². The minimum absolute atomic E-state index is 0.0884. The third kappa shape index (κ3) is 3.76. The molecule has 8 atom stereocenters. The van der Waals surface area contributed by atoms with Crippen molar-refractivity contribution in [3.8, 4) is 0 Å². The first kappa shape index (κ1) is 23.6. The zero-order valence-corrected chi connectivity index (χ0v) is 20.7. The Balaban J connectivity index is 0.000000153. The van der Waals surface area contributed by atoms with Gasteiger partial charge < -0.3 is 9.47 Å². The third-order valence-electron chi connectivity index (χ3n) is 10.3. The van der Waals surface area contributed by atoms with E-state index < -0.39 is 0 Å². The van der Waals surface area contributed by atoms with Gasteiger partial charge in [0, 0.05) is 16.6 Å². The second kappa shape index (κ2) is 8.33. The molecule has 0 aromatic rings. The average Bonchev–Trinajstić information content (AvgIpc) is 3.48. The van der Waals surface area contributed by atoms with Crippen LogP contribution in [0, 0.1) is 40.4 Å². The number of hydrogen-bond donors (Lipinski definition) is 0. The van der Waals surface area contributed by atoms with Crippen LogP contribution in [0.15, 0.2) is 24.3 Å². The molecule has 0 saturated heterocycles. The van der Waals surface area contributed by atoms with Gasteiger partial charge in [-0.3, -0.25) is 0 Å². The Kier molecular flexibility index (Phi) is 6.13. The van der Waals surface area contributed by atoms with E-state index in [1.165, 1.54) is 38.5 Å². The monoisotopic (exact) mass is 442 g/mol. The average molecular weight is 443 g/mol. The Bertz CT molecular complexity index is 810. The lowest BCUT2D eigenvalue weighted by molar-refractivity contribution is -0.152. The van der Waals surface area contributed by atoms with Crippen molar-refractivity contribution in [1.29, 1.82) is 0 Å². The Morgan fingerprint density at radius 2 is 1.44 bits per heavy atom. The van der Waals surface area contributed by atoms with Crippen LogP contribution in [0.1, 0.15) is 86.0 Å². The fourth-order valence-corrected chi connectivity index (χ4v) is 7.92. The highest BCUT2D eigenvalue weighted by atomic mass is 16.5. The fourth-order valence-electron chi connectivity index (χ4n) is 7.92. The van der Waals surface area contributed by atoms with Crippen LogP contribution >= 0.6 is 0 Å². The van der Waals surface area contributed by atoms with E-state index in [0.29, 0.717) is 28.4 Å². The molecule has 4 nitrogen and oxygen atoms in total. The van der Waals surface area contributed by atoms with Gasteiger partial charge in [-0.15, -0.1) is 0 Å². The second-order valence-corrected chi connectivity index (χ2v) is 12.2. The third-order valence-corrected chi connectivity index (χ3v) is 10.3. The minimum Gasteiger partial charge on any atom is -0.459 e. The van der Waals surface area contributed by atoms with Crippen molar-refractivity contribution in [2.45, 2.75) is 98.2 Å². The second-order valence-electron chi connectivity index (χ2n) is 12.2. The highest BCUT2D eigenvalue weighted by Gasteiger charge is 2.63. The smallest absolute Gasteiger partial charge is 0.333 e. The number of fused-ring (bicyclic) bond motifs is 7. The van der Waals surface area contributed by atoms with Crippen molar-refractivity contribution >= 4 is 11.9 Å². The topological polar surface area (TPSA) is 52.6 Å². The highest BCUT2D eigenvalue weighted by molar-refractivity contribution is 5.87. The predicted molar refractivity (Wildman–Crippen MR) is 126 cm³/mol. The molecule has 5 rings (SSSR count). The normalized spacial score (nSPS) is 42.1. The summed E-state index contributed by atoms with van der Waals surface area (Å²) in [6, 6.07) is 0. The number of ether oxygens (including phenoxy) is 2. The van der Waals surface area contributed by atoms with Gasteiger partial charge in [0.15, 0.2) is 0 Å². The molecule has 5 aliphatic rings. The molecule has 0 heterocycles. The lowest BCUT2D eigenvalue weighted by Crippen LogP contribution is -2.38. The van der Waals surface area contributed by atoms with Crippen LogP contribution in [0.3, 0.4) is 0 Å². The van der Waals surface area contributed by atoms with Crippen molar-refractivity contribution in [2.24, 2.45) is 40.4 Å². The van der Waals surface area contributed by atoms with Gasteiger partial charge >= 0.3 is 11.9 Å². The van der Waals surface area contributed by atoms with Crippen molar-refractivity contribution in [3.63, 3.8) is 0 Å². The molecule has 0 aromatic carbocycles. The molecule has 0 spiro atoms. The molecule has 4 bridgehead atoms. The van der Waals surface area contributed by atoms with Gasteiger partial charge in [-0.05, 0) is 93.8 Å². The van der Waals surface area contributed by atoms with Gasteiger partial charge in [0.1, 0.15) is 12.2 Å². The summed E-state index contributed by atoms with van der Waals surface area (Å²) in [4.78, 5) is 23.2. The Labute approximate surface area is 194 Å². The van der Waals surface area contributed by atoms with Crippen molar-refractivity contribution < 1.29 is 19.1 Å². The summed E-state index contributed by atoms with van der Waals surface area (Å²) in [6.45, 7) is 17.6. The molecule has 0 N–H and O–H groups in total. The summed E-state index contributed by atoms with van der Waals surface area (Å²) in [5, 5.41) is 0. The molecule has 4 heteroatoms. The van der Waals surface area contributed by atoms with E-state index in [1.807, 2.05) is 0 Å². The van der Waals surface area contributed by atoms with Crippen LogP contribution in [0.2, 0.25) is 0 Å². The molecule has 32 heavy (non-hydrogen) atoms. The number of esters is 2. The van der Waals surface area contributed by atoms with Crippen LogP contribution < -0.4 is 0 Å². The number of hydrogen-bond acceptors (Lipinski definition) is 4. The number of carbonyl (C=O) groups excluding carboxylic acids is 2. The van der Waals surface area contributed by atoms with E-state index in [9.17, 15) is 9.59 Å². The van der Waals surface area contributed by atoms with Crippen LogP contribution in [0.25, 0.3) is 0 Å². The number of carbonyl (C=O) groups is 2. The maximum absolute atomic E-state index is 11.6. The fraction of sp³-hybridized carbons (Fsp3) is 0.786. The van der Waals surface area contributed by atoms with Crippen LogP contribution in [0.5, 0.6) is 0 Å². The van der Waals surface area contributed by atoms with Gasteiger partial charge in [0.05, 0.1) is 0 Å². The molecule has 0 aromatic heterocycles. The first-order valence-corrected chi connectivity index (χ1v) is 12.7. The zero-order valence-electron chi connectivity index (χ0n) is 20.7. The van der Waals surface area contributed by atoms with Crippen molar-refractivity contribution in [3.05, 3.63) is 24.3 Å². The van der Waals surface area contributed by atoms with E-state index in [0.717, 1.165) is 30.6 Å². The molecular weight excluding hydrogens is 400 g/mol. The molecular formula is C28H42O4. The molecule has 5 saturated carbocycles. The Hall–Kier alpha value is -1.58. The summed E-state index contributed by atoms with van der Waals surface area (Å²) >= 11 is 0. The summed E-state index contributed by atoms with van der Waals surface area (Å²) in [5.41, 5.74) is 1.49. The lowest BCUT2D eigenvalue weighted by Gasteiger charge is -2.38. The largest absolute Gasteiger partial charge is 0.459 e. The van der Waals surface area contributed by atoms with Crippen molar-refractivity contribution in [1.82, 2.24) is 0 Å². The minimum atomic E-state index is -0.227. The summed E-state index contributed by atoms with van der Waals surface area (Å²) in [6.07, 6.45) is 10.4. The van der Waals surface area contributed by atoms with E-state index in [-0.39, 0.29) is 29.6 Å². The Morgan fingerprint density at radius 3 is 2.00 bits per heavy atom. The predicted octanol–water partition coefficient (Wildman–Crippen LogP) is 6.25. The quantitative estimate of drug-likeness (QED) is 0.381. The van der Waals surface area contributed by atoms with Gasteiger partial charge in [-0.2, -0.15) is 0 Å². The van der Waals surface area contributed by atoms with Gasteiger partial charge in [-0.1, -0.05) is 40.3 Å². The van der Waals surface area contributed by atoms with Gasteiger partial charge in [0.2, 0.25) is 0 Å². The number of rotatable bonds is 4. The maximum atomic E-state index is 11.6. The van der Waals surface area contributed by atoms with E-state index in [4.69, 9.17) is 9.47 Å². The molecule has 8 unspecified atom stereocenters. The van der Waals surface area contributed by atoms with E-state index >= 15 is 0 Å². The SMILES string of the molecule is C=C(C)C(=O)OC1CC2CC1C1CCCC21.C=C(C)C(=O)OC1CC2CCC1(C)C2(C)C. The highest BCUT2D eigenvalue weighted by Crippen LogP contribution is 2.66. The maximum Gasteiger partial charge on any atom is 0.333 e. The first-order valence-electron chi connectivity index (χ1n) is 12.7. The van der Waals surface area contributed by atoms with Crippen LogP contribution in [-0.4, -0.2) is 24.1 Å². The summed E-state index contributed by atoms with van der Waals surface area (Å²) in [7, 11) is 0. The van der Waals surface area contributed by atoms with E-state index in [2.05, 4.69) is 33.9 Å². The lowest BCUT2D eigenvalue weighted by atomic mass is 9.70.